The number of hydrogen-bond acceptors (Lipinski definition) is 5. The summed E-state index contributed by atoms with van der Waals surface area (Å²) in [4.78, 5) is 12.2. The van der Waals surface area contributed by atoms with Crippen LogP contribution in [-0.4, -0.2) is 33.2 Å². The minimum atomic E-state index is -3.67. The first-order valence-corrected chi connectivity index (χ1v) is 9.64. The van der Waals surface area contributed by atoms with Gasteiger partial charge in [0.1, 0.15) is 18.1 Å². The molecule has 0 saturated carbocycles. The summed E-state index contributed by atoms with van der Waals surface area (Å²) in [6.07, 6.45) is 2.43. The van der Waals surface area contributed by atoms with Gasteiger partial charge in [-0.05, 0) is 38.1 Å². The number of rotatable bonds is 8. The molecule has 0 radical (unpaired) electrons. The van der Waals surface area contributed by atoms with Crippen LogP contribution in [0.25, 0.3) is 0 Å². The van der Waals surface area contributed by atoms with Crippen LogP contribution in [-0.2, 0) is 21.4 Å². The van der Waals surface area contributed by atoms with Crippen molar-refractivity contribution in [2.75, 3.05) is 17.1 Å². The number of nitrogens with one attached hydrogen (secondary N) is 1. The van der Waals surface area contributed by atoms with Crippen LogP contribution in [0.4, 0.5) is 5.69 Å². The summed E-state index contributed by atoms with van der Waals surface area (Å²) in [6, 6.07) is 10.2. The summed E-state index contributed by atoms with van der Waals surface area (Å²) in [5, 5.41) is 2.64. The van der Waals surface area contributed by atoms with Crippen LogP contribution >= 0.6 is 0 Å². The van der Waals surface area contributed by atoms with Crippen molar-refractivity contribution >= 4 is 21.6 Å². The molecule has 0 aliphatic rings. The predicted octanol–water partition coefficient (Wildman–Crippen LogP) is 2.15. The molecule has 1 heterocycles. The van der Waals surface area contributed by atoms with Crippen molar-refractivity contribution in [2.24, 2.45) is 0 Å². The largest absolute Gasteiger partial charge is 0.489 e. The Kier molecular flexibility index (Phi) is 6.08. The highest BCUT2D eigenvalue weighted by molar-refractivity contribution is 7.92. The Bertz CT molecular complexity index is 800. The normalized spacial score (nSPS) is 11.4. The molecule has 0 spiro atoms. The van der Waals surface area contributed by atoms with Crippen LogP contribution in [0, 0.1) is 0 Å². The smallest absolute Gasteiger partial charge is 0.241 e. The fraction of sp³-hybridized carbons (Fsp3) is 0.353. The molecule has 0 bridgehead atoms. The molecule has 0 unspecified atom stereocenters. The number of furan rings is 1. The SMILES string of the molecule is CC(C)Oc1ccccc1N(CC(=O)NCc1ccco1)S(C)(=O)=O. The van der Waals surface area contributed by atoms with Crippen molar-refractivity contribution < 1.29 is 22.4 Å². The molecular formula is C17H22N2O5S. The highest BCUT2D eigenvalue weighted by Crippen LogP contribution is 2.30. The Morgan fingerprint density at radius 1 is 1.24 bits per heavy atom. The molecule has 1 amide bonds. The van der Waals surface area contributed by atoms with E-state index in [1.807, 2.05) is 13.8 Å². The number of para-hydroxylation sites is 2. The molecule has 1 N–H and O–H groups in total. The molecular weight excluding hydrogens is 344 g/mol. The minimum Gasteiger partial charge on any atom is -0.489 e. The first kappa shape index (κ1) is 18.9. The zero-order valence-electron chi connectivity index (χ0n) is 14.4. The first-order valence-electron chi connectivity index (χ1n) is 7.80. The summed E-state index contributed by atoms with van der Waals surface area (Å²) in [5.41, 5.74) is 0.326. The second kappa shape index (κ2) is 8.06. The van der Waals surface area contributed by atoms with Crippen LogP contribution in [0.3, 0.4) is 0 Å². The average Bonchev–Trinajstić information content (AvgIpc) is 3.03. The fourth-order valence-electron chi connectivity index (χ4n) is 2.18. The summed E-state index contributed by atoms with van der Waals surface area (Å²) >= 11 is 0. The molecule has 0 atom stereocenters. The lowest BCUT2D eigenvalue weighted by molar-refractivity contribution is -0.119. The molecule has 0 aliphatic heterocycles. The van der Waals surface area contributed by atoms with Crippen LogP contribution in [0.1, 0.15) is 19.6 Å². The van der Waals surface area contributed by atoms with E-state index in [2.05, 4.69) is 5.32 Å². The predicted molar refractivity (Wildman–Crippen MR) is 95.0 cm³/mol. The van der Waals surface area contributed by atoms with E-state index in [1.54, 1.807) is 36.4 Å². The second-order valence-corrected chi connectivity index (χ2v) is 7.67. The van der Waals surface area contributed by atoms with Crippen molar-refractivity contribution in [3.63, 3.8) is 0 Å². The number of benzene rings is 1. The summed E-state index contributed by atoms with van der Waals surface area (Å²) in [6.45, 7) is 3.53. The van der Waals surface area contributed by atoms with Gasteiger partial charge in [0.15, 0.2) is 0 Å². The van der Waals surface area contributed by atoms with Crippen molar-refractivity contribution in [1.82, 2.24) is 5.32 Å². The number of sulfonamides is 1. The van der Waals surface area contributed by atoms with Gasteiger partial charge < -0.3 is 14.5 Å². The Morgan fingerprint density at radius 2 is 1.96 bits per heavy atom. The van der Waals surface area contributed by atoms with E-state index >= 15 is 0 Å². The van der Waals surface area contributed by atoms with Crippen molar-refractivity contribution in [3.8, 4) is 5.75 Å². The van der Waals surface area contributed by atoms with Gasteiger partial charge in [-0.2, -0.15) is 0 Å². The van der Waals surface area contributed by atoms with Gasteiger partial charge in [-0.3, -0.25) is 9.10 Å². The molecule has 0 fully saturated rings. The van der Waals surface area contributed by atoms with Crippen molar-refractivity contribution in [3.05, 3.63) is 48.4 Å². The molecule has 8 heteroatoms. The molecule has 25 heavy (non-hydrogen) atoms. The van der Waals surface area contributed by atoms with Crippen LogP contribution in [0.15, 0.2) is 47.1 Å². The molecule has 1 aromatic carbocycles. The Labute approximate surface area is 147 Å². The third kappa shape index (κ3) is 5.53. The topological polar surface area (TPSA) is 88.8 Å². The highest BCUT2D eigenvalue weighted by Gasteiger charge is 2.24. The van der Waals surface area contributed by atoms with E-state index in [0.717, 1.165) is 10.6 Å². The summed E-state index contributed by atoms with van der Waals surface area (Å²) in [5.74, 6) is 0.547. The number of carbonyl (C=O) groups excluding carboxylic acids is 1. The van der Waals surface area contributed by atoms with Crippen LogP contribution in [0.2, 0.25) is 0 Å². The van der Waals surface area contributed by atoms with E-state index < -0.39 is 15.9 Å². The lowest BCUT2D eigenvalue weighted by atomic mass is 10.3. The zero-order chi connectivity index (χ0) is 18.4. The number of anilines is 1. The zero-order valence-corrected chi connectivity index (χ0v) is 15.2. The quantitative estimate of drug-likeness (QED) is 0.773. The summed E-state index contributed by atoms with van der Waals surface area (Å²) in [7, 11) is -3.67. The lowest BCUT2D eigenvalue weighted by Gasteiger charge is -2.25. The molecule has 2 rings (SSSR count). The van der Waals surface area contributed by atoms with Gasteiger partial charge >= 0.3 is 0 Å². The number of amides is 1. The number of hydrogen-bond donors (Lipinski definition) is 1. The highest BCUT2D eigenvalue weighted by atomic mass is 32.2. The van der Waals surface area contributed by atoms with Gasteiger partial charge in [0, 0.05) is 0 Å². The van der Waals surface area contributed by atoms with Gasteiger partial charge in [0.2, 0.25) is 15.9 Å². The summed E-state index contributed by atoms with van der Waals surface area (Å²) < 4.78 is 36.3. The number of nitrogens with zero attached hydrogens (tertiary/aromatic N) is 1. The second-order valence-electron chi connectivity index (χ2n) is 5.76. The monoisotopic (exact) mass is 366 g/mol. The van der Waals surface area contributed by atoms with E-state index in [-0.39, 0.29) is 19.2 Å². The van der Waals surface area contributed by atoms with Crippen LogP contribution in [0.5, 0.6) is 5.75 Å². The van der Waals surface area contributed by atoms with Gasteiger partial charge in [-0.1, -0.05) is 12.1 Å². The first-order chi connectivity index (χ1) is 11.8. The number of ether oxygens (including phenoxy) is 1. The Balaban J connectivity index is 2.18. The van der Waals surface area contributed by atoms with Gasteiger partial charge in [0.05, 0.1) is 30.9 Å². The molecule has 2 aromatic rings. The van der Waals surface area contributed by atoms with Crippen molar-refractivity contribution in [1.29, 1.82) is 0 Å². The average molecular weight is 366 g/mol. The molecule has 0 saturated heterocycles. The van der Waals surface area contributed by atoms with E-state index in [4.69, 9.17) is 9.15 Å². The van der Waals surface area contributed by atoms with Crippen molar-refractivity contribution in [2.45, 2.75) is 26.5 Å². The molecule has 0 aliphatic carbocycles. The fourth-order valence-corrected chi connectivity index (χ4v) is 3.04. The van der Waals surface area contributed by atoms with Gasteiger partial charge in [-0.15, -0.1) is 0 Å². The molecule has 136 valence electrons. The van der Waals surface area contributed by atoms with Gasteiger partial charge in [-0.25, -0.2) is 8.42 Å². The Morgan fingerprint density at radius 3 is 2.56 bits per heavy atom. The standard InChI is InChI=1S/C17H22N2O5S/c1-13(2)24-16-9-5-4-8-15(16)19(25(3,21)22)12-17(20)18-11-14-7-6-10-23-14/h4-10,13H,11-12H2,1-3H3,(H,18,20). The maximum atomic E-state index is 12.2. The van der Waals surface area contributed by atoms with E-state index in [0.29, 0.717) is 17.2 Å². The number of carbonyl (C=O) groups is 1. The minimum absolute atomic E-state index is 0.129. The maximum Gasteiger partial charge on any atom is 0.241 e. The molecule has 7 nitrogen and oxygen atoms in total. The third-order valence-electron chi connectivity index (χ3n) is 3.22. The third-order valence-corrected chi connectivity index (χ3v) is 4.35. The Hall–Kier alpha value is -2.48. The molecule has 1 aromatic heterocycles. The maximum absolute atomic E-state index is 12.2. The van der Waals surface area contributed by atoms with Gasteiger partial charge in [0.25, 0.3) is 0 Å². The lowest BCUT2D eigenvalue weighted by Crippen LogP contribution is -2.40. The van der Waals surface area contributed by atoms with Crippen LogP contribution < -0.4 is 14.4 Å². The van der Waals surface area contributed by atoms with E-state index in [1.165, 1.54) is 6.26 Å². The van der Waals surface area contributed by atoms with E-state index in [9.17, 15) is 13.2 Å².